The second kappa shape index (κ2) is 7.12. The van der Waals surface area contributed by atoms with Crippen LogP contribution in [0.4, 0.5) is 4.39 Å². The van der Waals surface area contributed by atoms with Gasteiger partial charge in [0.25, 0.3) is 0 Å². The van der Waals surface area contributed by atoms with Gasteiger partial charge in [-0.2, -0.15) is 0 Å². The second-order valence-corrected chi connectivity index (χ2v) is 5.57. The van der Waals surface area contributed by atoms with E-state index in [1.54, 1.807) is 41.4 Å². The fraction of sp³-hybridized carbons (Fsp3) is 0.167. The molecule has 0 aliphatic heterocycles. The Morgan fingerprint density at radius 1 is 1.24 bits per heavy atom. The first-order chi connectivity index (χ1) is 12.1. The van der Waals surface area contributed by atoms with E-state index < -0.39 is 0 Å². The van der Waals surface area contributed by atoms with Crippen molar-refractivity contribution >= 4 is 5.84 Å². The van der Waals surface area contributed by atoms with E-state index in [4.69, 9.17) is 4.74 Å². The molecule has 1 N–H and O–H groups in total. The van der Waals surface area contributed by atoms with Gasteiger partial charge in [0, 0.05) is 11.9 Å². The average Bonchev–Trinajstić information content (AvgIpc) is 3.01. The second-order valence-electron chi connectivity index (χ2n) is 5.57. The molecule has 1 aromatic carbocycles. The predicted molar refractivity (Wildman–Crippen MR) is 90.4 cm³/mol. The number of pyridine rings is 1. The zero-order valence-electron chi connectivity index (χ0n) is 13.8. The molecule has 0 amide bonds. The summed E-state index contributed by atoms with van der Waals surface area (Å²) in [5, 5.41) is 12.8. The highest BCUT2D eigenvalue weighted by atomic mass is 19.1. The summed E-state index contributed by atoms with van der Waals surface area (Å²) in [5.74, 6) is 0.204. The van der Waals surface area contributed by atoms with Gasteiger partial charge in [-0.15, -0.1) is 0 Å². The van der Waals surface area contributed by atoms with Crippen LogP contribution < -0.4 is 4.74 Å². The maximum Gasteiger partial charge on any atom is 0.225 e. The number of imidazole rings is 1. The van der Waals surface area contributed by atoms with Crippen LogP contribution in [0, 0.1) is 19.7 Å². The summed E-state index contributed by atoms with van der Waals surface area (Å²) in [6.07, 6.45) is 3.27. The van der Waals surface area contributed by atoms with Gasteiger partial charge in [0.2, 0.25) is 5.88 Å². The van der Waals surface area contributed by atoms with Crippen molar-refractivity contribution in [3.8, 4) is 5.88 Å². The molecule has 3 aromatic rings. The fourth-order valence-electron chi connectivity index (χ4n) is 2.37. The molecule has 128 valence electrons. The number of aromatic nitrogens is 3. The van der Waals surface area contributed by atoms with Crippen LogP contribution in [0.25, 0.3) is 0 Å². The first-order valence-electron chi connectivity index (χ1n) is 7.65. The predicted octanol–water partition coefficient (Wildman–Crippen LogP) is 3.30. The van der Waals surface area contributed by atoms with Crippen molar-refractivity contribution < 1.29 is 14.3 Å². The lowest BCUT2D eigenvalue weighted by molar-refractivity contribution is 0.290. The molecule has 0 aliphatic rings. The van der Waals surface area contributed by atoms with Crippen molar-refractivity contribution in [3.63, 3.8) is 0 Å². The van der Waals surface area contributed by atoms with E-state index in [1.165, 1.54) is 12.1 Å². The largest absolute Gasteiger partial charge is 0.472 e. The number of aryl methyl sites for hydroxylation is 2. The molecular weight excluding hydrogens is 323 g/mol. The molecule has 3 rings (SSSR count). The quantitative estimate of drug-likeness (QED) is 0.342. The molecule has 2 aromatic heterocycles. The van der Waals surface area contributed by atoms with Crippen LogP contribution in [0.1, 0.15) is 22.5 Å². The highest BCUT2D eigenvalue weighted by molar-refractivity contribution is 6.01. The molecule has 2 heterocycles. The van der Waals surface area contributed by atoms with Crippen molar-refractivity contribution in [1.82, 2.24) is 14.5 Å². The van der Waals surface area contributed by atoms with Crippen LogP contribution in [-0.4, -0.2) is 25.6 Å². The number of benzene rings is 1. The summed E-state index contributed by atoms with van der Waals surface area (Å²) in [6.45, 7) is 3.80. The molecule has 7 heteroatoms. The molecule has 6 nitrogen and oxygen atoms in total. The van der Waals surface area contributed by atoms with E-state index in [0.29, 0.717) is 17.0 Å². The van der Waals surface area contributed by atoms with Gasteiger partial charge < -0.3 is 9.94 Å². The van der Waals surface area contributed by atoms with Crippen molar-refractivity contribution in [1.29, 1.82) is 0 Å². The van der Waals surface area contributed by atoms with E-state index in [1.807, 2.05) is 13.8 Å². The smallest absolute Gasteiger partial charge is 0.225 e. The van der Waals surface area contributed by atoms with Crippen LogP contribution in [0.2, 0.25) is 0 Å². The summed E-state index contributed by atoms with van der Waals surface area (Å²) in [4.78, 5) is 8.50. The summed E-state index contributed by atoms with van der Waals surface area (Å²) < 4.78 is 20.7. The van der Waals surface area contributed by atoms with Gasteiger partial charge in [-0.25, -0.2) is 14.4 Å². The van der Waals surface area contributed by atoms with Crippen molar-refractivity contribution in [2.75, 3.05) is 0 Å². The van der Waals surface area contributed by atoms with Crippen molar-refractivity contribution in [2.45, 2.75) is 20.5 Å². The standard InChI is InChI=1S/C18H17FN4O2/c1-12-6-7-16(17(22-24)23-9-13(2)20-11-23)18(21-12)25-10-14-4-3-5-15(19)8-14/h3-9,11,24H,10H2,1-2H3/b22-17-. The molecule has 0 bridgehead atoms. The summed E-state index contributed by atoms with van der Waals surface area (Å²) in [5.41, 5.74) is 2.71. The van der Waals surface area contributed by atoms with Crippen LogP contribution in [-0.2, 0) is 6.61 Å². The normalized spacial score (nSPS) is 11.6. The average molecular weight is 340 g/mol. The first-order valence-corrected chi connectivity index (χ1v) is 7.65. The van der Waals surface area contributed by atoms with E-state index >= 15 is 0 Å². The number of ether oxygens (including phenoxy) is 1. The summed E-state index contributed by atoms with van der Waals surface area (Å²) in [6, 6.07) is 9.70. The monoisotopic (exact) mass is 340 g/mol. The maximum absolute atomic E-state index is 13.3. The summed E-state index contributed by atoms with van der Waals surface area (Å²) >= 11 is 0. The molecule has 0 spiro atoms. The SMILES string of the molecule is Cc1cn(/C(=N\O)c2ccc(C)nc2OCc2cccc(F)c2)cn1. The Balaban J connectivity index is 1.92. The van der Waals surface area contributed by atoms with Gasteiger partial charge in [-0.3, -0.25) is 4.57 Å². The third-order valence-corrected chi connectivity index (χ3v) is 3.56. The number of hydrogen-bond donors (Lipinski definition) is 1. The highest BCUT2D eigenvalue weighted by Crippen LogP contribution is 2.20. The lowest BCUT2D eigenvalue weighted by Crippen LogP contribution is -2.15. The van der Waals surface area contributed by atoms with Gasteiger partial charge in [0.1, 0.15) is 18.8 Å². The molecule has 0 fully saturated rings. The van der Waals surface area contributed by atoms with Crippen LogP contribution >= 0.6 is 0 Å². The van der Waals surface area contributed by atoms with Crippen molar-refractivity contribution in [3.05, 3.63) is 77.3 Å². The lowest BCUT2D eigenvalue weighted by atomic mass is 10.2. The van der Waals surface area contributed by atoms with Crippen molar-refractivity contribution in [2.24, 2.45) is 5.16 Å². The fourth-order valence-corrected chi connectivity index (χ4v) is 2.37. The summed E-state index contributed by atoms with van der Waals surface area (Å²) in [7, 11) is 0. The van der Waals surface area contributed by atoms with Crippen LogP contribution in [0.5, 0.6) is 5.88 Å². The topological polar surface area (TPSA) is 72.5 Å². The minimum absolute atomic E-state index is 0.142. The van der Waals surface area contributed by atoms with Gasteiger partial charge >= 0.3 is 0 Å². The Morgan fingerprint density at radius 2 is 2.08 bits per heavy atom. The number of nitrogens with zero attached hydrogens (tertiary/aromatic N) is 4. The zero-order valence-corrected chi connectivity index (χ0v) is 13.8. The van der Waals surface area contributed by atoms with Gasteiger partial charge in [-0.1, -0.05) is 17.3 Å². The Labute approximate surface area is 144 Å². The lowest BCUT2D eigenvalue weighted by Gasteiger charge is -2.12. The van der Waals surface area contributed by atoms with Gasteiger partial charge in [0.15, 0.2) is 5.84 Å². The van der Waals surface area contributed by atoms with Gasteiger partial charge in [0.05, 0.1) is 11.3 Å². The molecule has 0 saturated carbocycles. The third kappa shape index (κ3) is 3.82. The third-order valence-electron chi connectivity index (χ3n) is 3.56. The van der Waals surface area contributed by atoms with Gasteiger partial charge in [-0.05, 0) is 43.7 Å². The minimum atomic E-state index is -0.329. The maximum atomic E-state index is 13.3. The number of oxime groups is 1. The Morgan fingerprint density at radius 3 is 2.76 bits per heavy atom. The molecule has 25 heavy (non-hydrogen) atoms. The Bertz CT molecular complexity index is 921. The molecule has 0 saturated heterocycles. The van der Waals surface area contributed by atoms with Crippen LogP contribution in [0.3, 0.4) is 0 Å². The van der Waals surface area contributed by atoms with Crippen LogP contribution in [0.15, 0.2) is 54.1 Å². The molecular formula is C18H17FN4O2. The van der Waals surface area contributed by atoms with E-state index in [9.17, 15) is 9.60 Å². The minimum Gasteiger partial charge on any atom is -0.472 e. The number of hydrogen-bond acceptors (Lipinski definition) is 5. The molecule has 0 radical (unpaired) electrons. The van der Waals surface area contributed by atoms with E-state index in [0.717, 1.165) is 11.4 Å². The Kier molecular flexibility index (Phi) is 4.74. The molecule has 0 aliphatic carbocycles. The molecule has 0 atom stereocenters. The highest BCUT2D eigenvalue weighted by Gasteiger charge is 2.16. The zero-order chi connectivity index (χ0) is 17.8. The number of halogens is 1. The van der Waals surface area contributed by atoms with E-state index in [-0.39, 0.29) is 18.3 Å². The molecule has 0 unspecified atom stereocenters. The Hall–Kier alpha value is -3.22. The first kappa shape index (κ1) is 16.6. The number of rotatable bonds is 4. The van der Waals surface area contributed by atoms with E-state index in [2.05, 4.69) is 15.1 Å².